The number of benzene rings is 2. The Morgan fingerprint density at radius 2 is 2.00 bits per heavy atom. The number of tetrazole rings is 1. The summed E-state index contributed by atoms with van der Waals surface area (Å²) in [4.78, 5) is 4.52. The van der Waals surface area contributed by atoms with Crippen LogP contribution in [-0.2, 0) is 19.6 Å². The molecule has 0 bridgehead atoms. The van der Waals surface area contributed by atoms with E-state index in [2.05, 4.69) is 67.4 Å². The van der Waals surface area contributed by atoms with Gasteiger partial charge in [-0.3, -0.25) is 0 Å². The zero-order valence-electron chi connectivity index (χ0n) is 15.5. The van der Waals surface area contributed by atoms with Gasteiger partial charge < -0.3 is 9.67 Å². The molecule has 0 aliphatic carbocycles. The van der Waals surface area contributed by atoms with Crippen LogP contribution in [0, 0.1) is 0 Å². The van der Waals surface area contributed by atoms with Gasteiger partial charge in [-0.25, -0.2) is 4.98 Å². The van der Waals surface area contributed by atoms with Crippen LogP contribution in [0.15, 0.2) is 42.6 Å². The van der Waals surface area contributed by atoms with E-state index in [1.54, 1.807) is 0 Å². The van der Waals surface area contributed by atoms with Gasteiger partial charge in [0.2, 0.25) is 5.82 Å². The molecule has 7 nitrogen and oxygen atoms in total. The first-order valence-corrected chi connectivity index (χ1v) is 9.66. The molecule has 28 heavy (non-hydrogen) atoms. The smallest absolute Gasteiger partial charge is 0.204 e. The van der Waals surface area contributed by atoms with Crippen molar-refractivity contribution in [1.29, 1.82) is 0 Å². The molecule has 0 saturated heterocycles. The molecule has 1 unspecified atom stereocenters. The Bertz CT molecular complexity index is 1080. The molecule has 8 heteroatoms. The number of aromatic amines is 1. The van der Waals surface area contributed by atoms with E-state index in [9.17, 15) is 5.11 Å². The van der Waals surface area contributed by atoms with Gasteiger partial charge in [-0.15, -0.1) is 21.8 Å². The number of fused-ring (bicyclic) bond motifs is 1. The van der Waals surface area contributed by atoms with E-state index in [0.29, 0.717) is 24.5 Å². The predicted molar refractivity (Wildman–Crippen MR) is 108 cm³/mol. The van der Waals surface area contributed by atoms with Gasteiger partial charge in [-0.1, -0.05) is 31.2 Å². The van der Waals surface area contributed by atoms with Crippen molar-refractivity contribution >= 4 is 22.4 Å². The summed E-state index contributed by atoms with van der Waals surface area (Å²) in [6.07, 6.45) is 3.46. The lowest BCUT2D eigenvalue weighted by Gasteiger charge is -2.11. The quantitative estimate of drug-likeness (QED) is 0.467. The third-order valence-corrected chi connectivity index (χ3v) is 5.24. The average molecular weight is 397 g/mol. The molecule has 0 radical (unpaired) electrons. The first kappa shape index (κ1) is 18.6. The highest BCUT2D eigenvalue weighted by Crippen LogP contribution is 2.23. The number of hydrogen-bond acceptors (Lipinski definition) is 5. The highest BCUT2D eigenvalue weighted by molar-refractivity contribution is 6.20. The molecule has 0 spiro atoms. The monoisotopic (exact) mass is 396 g/mol. The SMILES string of the molecule is CCC(Cl)Cc1nc(CO)cn1Cc1ccc2cc(-c3nn[nH]n3)ccc2c1. The van der Waals surface area contributed by atoms with Gasteiger partial charge in [0, 0.05) is 30.1 Å². The lowest BCUT2D eigenvalue weighted by Crippen LogP contribution is -2.10. The topological polar surface area (TPSA) is 92.5 Å². The second kappa shape index (κ2) is 8.08. The van der Waals surface area contributed by atoms with Gasteiger partial charge in [-0.05, 0) is 40.1 Å². The molecule has 144 valence electrons. The van der Waals surface area contributed by atoms with Crippen LogP contribution in [0.2, 0.25) is 0 Å². The summed E-state index contributed by atoms with van der Waals surface area (Å²) in [5.41, 5.74) is 2.75. The van der Waals surface area contributed by atoms with E-state index in [-0.39, 0.29) is 12.0 Å². The van der Waals surface area contributed by atoms with Crippen molar-refractivity contribution in [3.8, 4) is 11.4 Å². The lowest BCUT2D eigenvalue weighted by atomic mass is 10.0. The number of halogens is 1. The first-order valence-electron chi connectivity index (χ1n) is 9.22. The first-order chi connectivity index (χ1) is 13.7. The van der Waals surface area contributed by atoms with E-state index in [0.717, 1.165) is 34.1 Å². The Hall–Kier alpha value is -2.77. The van der Waals surface area contributed by atoms with Gasteiger partial charge in [0.05, 0.1) is 12.3 Å². The standard InChI is InChI=1S/C20H21ClN6O/c1-2-17(21)9-19-22-18(12-28)11-27(19)10-13-3-4-15-8-16(6-5-14(15)7-13)20-23-25-26-24-20/h3-8,11,17,28H,2,9-10,12H2,1H3,(H,23,24,25,26). The van der Waals surface area contributed by atoms with Gasteiger partial charge in [-0.2, -0.15) is 5.21 Å². The average Bonchev–Trinajstić information content (AvgIpc) is 3.38. The van der Waals surface area contributed by atoms with Crippen LogP contribution in [-0.4, -0.2) is 40.7 Å². The molecule has 0 aliphatic rings. The third kappa shape index (κ3) is 3.90. The van der Waals surface area contributed by atoms with Crippen molar-refractivity contribution in [1.82, 2.24) is 30.2 Å². The predicted octanol–water partition coefficient (Wildman–Crippen LogP) is 3.32. The summed E-state index contributed by atoms with van der Waals surface area (Å²) in [5, 5.41) is 25.9. The molecule has 2 aromatic carbocycles. The maximum Gasteiger partial charge on any atom is 0.204 e. The van der Waals surface area contributed by atoms with Crippen LogP contribution >= 0.6 is 11.6 Å². The molecular weight excluding hydrogens is 376 g/mol. The highest BCUT2D eigenvalue weighted by Gasteiger charge is 2.13. The number of aliphatic hydroxyl groups is 1. The fraction of sp³-hybridized carbons (Fsp3) is 0.300. The van der Waals surface area contributed by atoms with Crippen molar-refractivity contribution in [3.63, 3.8) is 0 Å². The molecule has 2 heterocycles. The van der Waals surface area contributed by atoms with Crippen molar-refractivity contribution < 1.29 is 5.11 Å². The molecule has 2 N–H and O–H groups in total. The highest BCUT2D eigenvalue weighted by atomic mass is 35.5. The fourth-order valence-electron chi connectivity index (χ4n) is 3.25. The van der Waals surface area contributed by atoms with Gasteiger partial charge in [0.25, 0.3) is 0 Å². The van der Waals surface area contributed by atoms with Gasteiger partial charge in [0.15, 0.2) is 0 Å². The van der Waals surface area contributed by atoms with E-state index in [1.165, 1.54) is 0 Å². The maximum atomic E-state index is 9.45. The largest absolute Gasteiger partial charge is 0.390 e. The van der Waals surface area contributed by atoms with E-state index < -0.39 is 0 Å². The molecule has 0 saturated carbocycles. The minimum Gasteiger partial charge on any atom is -0.390 e. The second-order valence-corrected chi connectivity index (χ2v) is 7.39. The Balaban J connectivity index is 1.61. The summed E-state index contributed by atoms with van der Waals surface area (Å²) in [6.45, 7) is 2.66. The number of alkyl halides is 1. The number of rotatable bonds is 7. The number of aliphatic hydroxyl groups excluding tert-OH is 1. The van der Waals surface area contributed by atoms with E-state index >= 15 is 0 Å². The van der Waals surface area contributed by atoms with E-state index in [1.807, 2.05) is 12.3 Å². The number of nitrogens with zero attached hydrogens (tertiary/aromatic N) is 5. The molecule has 4 rings (SSSR count). The minimum absolute atomic E-state index is 0.0351. The van der Waals surface area contributed by atoms with Crippen LogP contribution in [0.1, 0.15) is 30.4 Å². The normalized spacial score (nSPS) is 12.5. The third-order valence-electron chi connectivity index (χ3n) is 4.78. The Labute approximate surface area is 167 Å². The summed E-state index contributed by atoms with van der Waals surface area (Å²) in [7, 11) is 0. The van der Waals surface area contributed by atoms with Crippen molar-refractivity contribution in [2.45, 2.75) is 38.3 Å². The Morgan fingerprint density at radius 3 is 2.75 bits per heavy atom. The summed E-state index contributed by atoms with van der Waals surface area (Å²) >= 11 is 6.33. The van der Waals surface area contributed by atoms with Crippen molar-refractivity contribution in [2.75, 3.05) is 0 Å². The summed E-state index contributed by atoms with van der Waals surface area (Å²) in [5.74, 6) is 1.48. The van der Waals surface area contributed by atoms with Crippen LogP contribution in [0.5, 0.6) is 0 Å². The zero-order chi connectivity index (χ0) is 19.5. The van der Waals surface area contributed by atoms with Crippen LogP contribution in [0.3, 0.4) is 0 Å². The summed E-state index contributed by atoms with van der Waals surface area (Å²) in [6, 6.07) is 12.5. The Kier molecular flexibility index (Phi) is 5.36. The molecule has 4 aromatic rings. The molecule has 1 atom stereocenters. The van der Waals surface area contributed by atoms with Crippen LogP contribution in [0.25, 0.3) is 22.2 Å². The van der Waals surface area contributed by atoms with Crippen LogP contribution in [0.4, 0.5) is 0 Å². The number of aromatic nitrogens is 6. The number of hydrogen-bond donors (Lipinski definition) is 2. The summed E-state index contributed by atoms with van der Waals surface area (Å²) < 4.78 is 2.07. The number of imidazole rings is 1. The van der Waals surface area contributed by atoms with Gasteiger partial charge in [0.1, 0.15) is 5.82 Å². The van der Waals surface area contributed by atoms with E-state index in [4.69, 9.17) is 11.6 Å². The molecule has 2 aromatic heterocycles. The molecule has 0 fully saturated rings. The second-order valence-electron chi connectivity index (χ2n) is 6.78. The lowest BCUT2D eigenvalue weighted by molar-refractivity contribution is 0.277. The number of nitrogens with one attached hydrogen (secondary N) is 1. The maximum absolute atomic E-state index is 9.45. The Morgan fingerprint density at radius 1 is 1.18 bits per heavy atom. The minimum atomic E-state index is -0.0738. The molecular formula is C20H21ClN6O. The zero-order valence-corrected chi connectivity index (χ0v) is 16.3. The number of H-pyrrole nitrogens is 1. The van der Waals surface area contributed by atoms with Gasteiger partial charge >= 0.3 is 0 Å². The van der Waals surface area contributed by atoms with Crippen molar-refractivity contribution in [3.05, 3.63) is 59.7 Å². The molecule has 0 aliphatic heterocycles. The van der Waals surface area contributed by atoms with Crippen LogP contribution < -0.4 is 0 Å². The van der Waals surface area contributed by atoms with Crippen molar-refractivity contribution in [2.24, 2.45) is 0 Å². The fourth-order valence-corrected chi connectivity index (χ4v) is 3.38. The molecule has 0 amide bonds.